The van der Waals surface area contributed by atoms with Crippen molar-refractivity contribution in [3.05, 3.63) is 58.6 Å². The number of para-hydroxylation sites is 1. The summed E-state index contributed by atoms with van der Waals surface area (Å²) in [4.78, 5) is 12.4. The quantitative estimate of drug-likeness (QED) is 0.883. The molecule has 0 unspecified atom stereocenters. The highest BCUT2D eigenvalue weighted by molar-refractivity contribution is 9.10. The molecule has 0 aliphatic heterocycles. The first kappa shape index (κ1) is 16.7. The summed E-state index contributed by atoms with van der Waals surface area (Å²) in [7, 11) is -0.675. The number of carbonyl (C=O) groups is 1. The minimum Gasteiger partial charge on any atom is -0.321 e. The van der Waals surface area contributed by atoms with E-state index >= 15 is 0 Å². The van der Waals surface area contributed by atoms with Gasteiger partial charge in [-0.25, -0.2) is 12.7 Å². The van der Waals surface area contributed by atoms with E-state index in [0.29, 0.717) is 5.69 Å². The van der Waals surface area contributed by atoms with E-state index in [1.807, 2.05) is 12.1 Å². The fourth-order valence-electron chi connectivity index (χ4n) is 1.77. The molecule has 1 N–H and O–H groups in total. The summed E-state index contributed by atoms with van der Waals surface area (Å²) in [5.41, 5.74) is 0.895. The Bertz CT molecular complexity index is 804. The average Bonchev–Trinajstić information content (AvgIpc) is 2.49. The van der Waals surface area contributed by atoms with Crippen LogP contribution in [-0.4, -0.2) is 32.7 Å². The molecule has 1 amide bonds. The first-order valence-corrected chi connectivity index (χ1v) is 8.64. The van der Waals surface area contributed by atoms with Crippen LogP contribution in [0.2, 0.25) is 0 Å². The van der Waals surface area contributed by atoms with Crippen molar-refractivity contribution in [2.24, 2.45) is 0 Å². The summed E-state index contributed by atoms with van der Waals surface area (Å²) in [6.45, 7) is 0. The number of amides is 1. The second kappa shape index (κ2) is 6.60. The molecule has 7 heteroatoms. The van der Waals surface area contributed by atoms with Gasteiger partial charge in [-0.3, -0.25) is 4.79 Å². The Hall–Kier alpha value is -1.70. The number of hydrogen-bond acceptors (Lipinski definition) is 3. The second-order valence-corrected chi connectivity index (χ2v) is 7.76. The Kier molecular flexibility index (Phi) is 5.00. The third kappa shape index (κ3) is 3.55. The van der Waals surface area contributed by atoms with Crippen molar-refractivity contribution in [1.82, 2.24) is 4.31 Å². The SMILES string of the molecule is CN(C)S(=O)(=O)c1cccc(C(=O)Nc2ccccc2Br)c1. The van der Waals surface area contributed by atoms with Gasteiger partial charge >= 0.3 is 0 Å². The highest BCUT2D eigenvalue weighted by Gasteiger charge is 2.18. The van der Waals surface area contributed by atoms with Gasteiger partial charge in [-0.1, -0.05) is 18.2 Å². The van der Waals surface area contributed by atoms with Gasteiger partial charge in [-0.15, -0.1) is 0 Å². The minimum atomic E-state index is -3.57. The zero-order valence-corrected chi connectivity index (χ0v) is 14.5. The molecular weight excluding hydrogens is 368 g/mol. The Labute approximate surface area is 138 Å². The second-order valence-electron chi connectivity index (χ2n) is 4.75. The van der Waals surface area contributed by atoms with Crippen molar-refractivity contribution in [3.8, 4) is 0 Å². The number of sulfonamides is 1. The number of hydrogen-bond donors (Lipinski definition) is 1. The van der Waals surface area contributed by atoms with E-state index in [2.05, 4.69) is 21.2 Å². The number of anilines is 1. The molecule has 0 aromatic heterocycles. The van der Waals surface area contributed by atoms with Crippen molar-refractivity contribution in [2.45, 2.75) is 4.90 Å². The molecular formula is C15H15BrN2O3S. The monoisotopic (exact) mass is 382 g/mol. The van der Waals surface area contributed by atoms with Crippen LogP contribution in [0.4, 0.5) is 5.69 Å². The number of benzene rings is 2. The maximum absolute atomic E-state index is 12.3. The van der Waals surface area contributed by atoms with Gasteiger partial charge in [0.05, 0.1) is 10.6 Å². The molecule has 0 spiro atoms. The molecule has 2 rings (SSSR count). The third-order valence-electron chi connectivity index (χ3n) is 3.00. The highest BCUT2D eigenvalue weighted by atomic mass is 79.9. The lowest BCUT2D eigenvalue weighted by Crippen LogP contribution is -2.22. The lowest BCUT2D eigenvalue weighted by atomic mass is 10.2. The standard InChI is InChI=1S/C15H15BrN2O3S/c1-18(2)22(20,21)12-7-5-6-11(10-12)15(19)17-14-9-4-3-8-13(14)16/h3-10H,1-2H3,(H,17,19). The predicted molar refractivity (Wildman–Crippen MR) is 89.4 cm³/mol. The maximum Gasteiger partial charge on any atom is 0.255 e. The number of carbonyl (C=O) groups excluding carboxylic acids is 1. The fourth-order valence-corrected chi connectivity index (χ4v) is 3.10. The summed E-state index contributed by atoms with van der Waals surface area (Å²) in [6.07, 6.45) is 0. The van der Waals surface area contributed by atoms with E-state index in [0.717, 1.165) is 8.78 Å². The first-order valence-electron chi connectivity index (χ1n) is 6.41. The maximum atomic E-state index is 12.3. The van der Waals surface area contributed by atoms with Gasteiger partial charge in [0, 0.05) is 24.1 Å². The molecule has 0 saturated carbocycles. The summed E-state index contributed by atoms with van der Waals surface area (Å²) in [5.74, 6) is -0.372. The van der Waals surface area contributed by atoms with E-state index in [1.165, 1.54) is 26.2 Å². The van der Waals surface area contributed by atoms with E-state index in [1.54, 1.807) is 24.3 Å². The van der Waals surface area contributed by atoms with Crippen LogP contribution in [0.25, 0.3) is 0 Å². The molecule has 0 aliphatic rings. The van der Waals surface area contributed by atoms with Gasteiger partial charge < -0.3 is 5.32 Å². The van der Waals surface area contributed by atoms with Crippen LogP contribution in [0.5, 0.6) is 0 Å². The van der Waals surface area contributed by atoms with Crippen LogP contribution >= 0.6 is 15.9 Å². The molecule has 2 aromatic carbocycles. The summed E-state index contributed by atoms with van der Waals surface area (Å²) < 4.78 is 26.1. The number of halogens is 1. The minimum absolute atomic E-state index is 0.0808. The van der Waals surface area contributed by atoms with E-state index in [-0.39, 0.29) is 16.4 Å². The third-order valence-corrected chi connectivity index (χ3v) is 5.50. The van der Waals surface area contributed by atoms with Crippen molar-refractivity contribution in [3.63, 3.8) is 0 Å². The zero-order chi connectivity index (χ0) is 16.3. The number of rotatable bonds is 4. The molecule has 0 heterocycles. The van der Waals surface area contributed by atoms with Crippen molar-refractivity contribution >= 4 is 37.5 Å². The summed E-state index contributed by atoms with van der Waals surface area (Å²) in [6, 6.07) is 13.1. The molecule has 5 nitrogen and oxygen atoms in total. The normalized spacial score (nSPS) is 11.5. The molecule has 0 aliphatic carbocycles. The Morgan fingerprint density at radius 1 is 1.09 bits per heavy atom. The summed E-state index contributed by atoms with van der Waals surface area (Å²) >= 11 is 3.35. The van der Waals surface area contributed by atoms with E-state index < -0.39 is 10.0 Å². The summed E-state index contributed by atoms with van der Waals surface area (Å²) in [5, 5.41) is 2.74. The van der Waals surface area contributed by atoms with Gasteiger partial charge in [0.25, 0.3) is 5.91 Å². The highest BCUT2D eigenvalue weighted by Crippen LogP contribution is 2.22. The zero-order valence-electron chi connectivity index (χ0n) is 12.1. The number of nitrogens with one attached hydrogen (secondary N) is 1. The topological polar surface area (TPSA) is 66.5 Å². The van der Waals surface area contributed by atoms with Crippen LogP contribution < -0.4 is 5.32 Å². The van der Waals surface area contributed by atoms with Crippen LogP contribution in [0.3, 0.4) is 0 Å². The average molecular weight is 383 g/mol. The Morgan fingerprint density at radius 2 is 1.77 bits per heavy atom. The first-order chi connectivity index (χ1) is 10.3. The lowest BCUT2D eigenvalue weighted by Gasteiger charge is -2.12. The largest absolute Gasteiger partial charge is 0.321 e. The Balaban J connectivity index is 2.31. The molecule has 22 heavy (non-hydrogen) atoms. The van der Waals surface area contributed by atoms with Gasteiger partial charge in [-0.05, 0) is 46.3 Å². The molecule has 0 radical (unpaired) electrons. The van der Waals surface area contributed by atoms with E-state index in [4.69, 9.17) is 0 Å². The smallest absolute Gasteiger partial charge is 0.255 e. The molecule has 116 valence electrons. The number of nitrogens with zero attached hydrogens (tertiary/aromatic N) is 1. The van der Waals surface area contributed by atoms with Gasteiger partial charge in [0.15, 0.2) is 0 Å². The molecule has 0 saturated heterocycles. The Morgan fingerprint density at radius 3 is 2.41 bits per heavy atom. The van der Waals surface area contributed by atoms with Crippen molar-refractivity contribution in [2.75, 3.05) is 19.4 Å². The fraction of sp³-hybridized carbons (Fsp3) is 0.133. The van der Waals surface area contributed by atoms with Gasteiger partial charge in [-0.2, -0.15) is 0 Å². The van der Waals surface area contributed by atoms with Gasteiger partial charge in [0.2, 0.25) is 10.0 Å². The van der Waals surface area contributed by atoms with Crippen LogP contribution in [0.1, 0.15) is 10.4 Å². The van der Waals surface area contributed by atoms with E-state index in [9.17, 15) is 13.2 Å². The van der Waals surface area contributed by atoms with Crippen LogP contribution in [-0.2, 0) is 10.0 Å². The van der Waals surface area contributed by atoms with Crippen molar-refractivity contribution < 1.29 is 13.2 Å². The molecule has 2 aromatic rings. The van der Waals surface area contributed by atoms with Crippen LogP contribution in [0, 0.1) is 0 Å². The molecule has 0 atom stereocenters. The van der Waals surface area contributed by atoms with Crippen molar-refractivity contribution in [1.29, 1.82) is 0 Å². The lowest BCUT2D eigenvalue weighted by molar-refractivity contribution is 0.102. The van der Waals surface area contributed by atoms with Gasteiger partial charge in [0.1, 0.15) is 0 Å². The predicted octanol–water partition coefficient (Wildman–Crippen LogP) is 2.95. The molecule has 0 fully saturated rings. The molecule has 0 bridgehead atoms. The van der Waals surface area contributed by atoms with Crippen LogP contribution in [0.15, 0.2) is 57.9 Å².